The number of furan rings is 1. The van der Waals surface area contributed by atoms with Crippen molar-refractivity contribution in [2.45, 2.75) is 25.2 Å². The van der Waals surface area contributed by atoms with Crippen molar-refractivity contribution < 1.29 is 4.42 Å². The molecule has 2 heteroatoms. The zero-order chi connectivity index (χ0) is 33.0. The molecular formula is C48H35NO. The van der Waals surface area contributed by atoms with Crippen molar-refractivity contribution in [1.29, 1.82) is 0 Å². The molecule has 0 fully saturated rings. The van der Waals surface area contributed by atoms with Crippen molar-refractivity contribution in [2.75, 3.05) is 4.90 Å². The highest BCUT2D eigenvalue weighted by Gasteiger charge is 2.23. The first kappa shape index (κ1) is 28.9. The van der Waals surface area contributed by atoms with Gasteiger partial charge < -0.3 is 9.32 Å². The Labute approximate surface area is 291 Å². The Morgan fingerprint density at radius 1 is 0.560 bits per heavy atom. The average molecular weight is 642 g/mol. The SMILES string of the molecule is C1=CC(c2ccc(N(C3=CC=C(c4cc5ccccc5c5ccccc45)CC3)c3ccccc3)cc2)Cc2c1ccc1oc3ccccc3c21. The van der Waals surface area contributed by atoms with Crippen molar-refractivity contribution >= 4 is 66.5 Å². The van der Waals surface area contributed by atoms with Crippen LogP contribution in [0.2, 0.25) is 0 Å². The Hall–Kier alpha value is -6.12. The molecule has 1 atom stereocenters. The number of benzene rings is 7. The lowest BCUT2D eigenvalue weighted by Gasteiger charge is -2.30. The molecular weight excluding hydrogens is 607 g/mol. The predicted molar refractivity (Wildman–Crippen MR) is 211 cm³/mol. The summed E-state index contributed by atoms with van der Waals surface area (Å²) in [6, 6.07) is 52.7. The standard InChI is InChI=1S/C48H35NO/c1-2-11-37(12-3-1)49(39-27-22-33(23-28-39)44-31-36-10-4-5-13-40(36)41-14-6-7-15-42(41)44)38-25-20-32(21-26-38)35-19-18-34-24-29-47-48(45(34)30-35)43-16-8-9-17-46(43)50-47/h1-22,24-27,29,31,35H,23,28,30H2. The second-order valence-corrected chi connectivity index (χ2v) is 13.6. The van der Waals surface area contributed by atoms with Crippen molar-refractivity contribution in [1.82, 2.24) is 0 Å². The number of para-hydroxylation sites is 2. The molecule has 7 aromatic carbocycles. The van der Waals surface area contributed by atoms with E-state index in [0.29, 0.717) is 5.92 Å². The Morgan fingerprint density at radius 3 is 2.10 bits per heavy atom. The van der Waals surface area contributed by atoms with E-state index in [2.05, 4.69) is 169 Å². The summed E-state index contributed by atoms with van der Waals surface area (Å²) in [4.78, 5) is 2.43. The highest BCUT2D eigenvalue weighted by molar-refractivity contribution is 6.12. The number of fused-ring (bicyclic) bond motifs is 8. The van der Waals surface area contributed by atoms with Crippen LogP contribution < -0.4 is 4.90 Å². The molecule has 1 unspecified atom stereocenters. The molecule has 0 bridgehead atoms. The minimum atomic E-state index is 0.303. The zero-order valence-corrected chi connectivity index (χ0v) is 27.7. The molecule has 10 rings (SSSR count). The van der Waals surface area contributed by atoms with Gasteiger partial charge in [-0.3, -0.25) is 0 Å². The predicted octanol–water partition coefficient (Wildman–Crippen LogP) is 13.1. The lowest BCUT2D eigenvalue weighted by molar-refractivity contribution is 0.668. The van der Waals surface area contributed by atoms with Gasteiger partial charge in [0.2, 0.25) is 0 Å². The number of hydrogen-bond donors (Lipinski definition) is 0. The van der Waals surface area contributed by atoms with Crippen LogP contribution in [0.3, 0.4) is 0 Å². The summed E-state index contributed by atoms with van der Waals surface area (Å²) in [5, 5.41) is 7.71. The Balaban J connectivity index is 0.993. The molecule has 0 spiro atoms. The van der Waals surface area contributed by atoms with Gasteiger partial charge in [0.05, 0.1) is 0 Å². The maximum atomic E-state index is 6.23. The summed E-state index contributed by atoms with van der Waals surface area (Å²) >= 11 is 0. The van der Waals surface area contributed by atoms with Gasteiger partial charge in [-0.2, -0.15) is 0 Å². The lowest BCUT2D eigenvalue weighted by atomic mass is 9.83. The topological polar surface area (TPSA) is 16.4 Å². The first-order chi connectivity index (χ1) is 24.8. The summed E-state index contributed by atoms with van der Waals surface area (Å²) in [5.41, 5.74) is 12.3. The molecule has 2 aliphatic carbocycles. The van der Waals surface area contributed by atoms with Crippen LogP contribution in [0, 0.1) is 0 Å². The van der Waals surface area contributed by atoms with Gasteiger partial charge in [0.25, 0.3) is 0 Å². The molecule has 1 aromatic heterocycles. The van der Waals surface area contributed by atoms with Gasteiger partial charge >= 0.3 is 0 Å². The molecule has 1 heterocycles. The molecule has 0 aliphatic heterocycles. The maximum Gasteiger partial charge on any atom is 0.135 e. The zero-order valence-electron chi connectivity index (χ0n) is 27.7. The highest BCUT2D eigenvalue weighted by Crippen LogP contribution is 2.42. The first-order valence-electron chi connectivity index (χ1n) is 17.7. The van der Waals surface area contributed by atoms with Gasteiger partial charge in [0.1, 0.15) is 11.2 Å². The number of rotatable bonds is 5. The van der Waals surface area contributed by atoms with Crippen LogP contribution in [0.15, 0.2) is 174 Å². The molecule has 0 N–H and O–H groups in total. The summed E-state index contributed by atoms with van der Waals surface area (Å²) in [5.74, 6) is 0.303. The number of hydrogen-bond acceptors (Lipinski definition) is 2. The summed E-state index contributed by atoms with van der Waals surface area (Å²) < 4.78 is 6.23. The fourth-order valence-electron chi connectivity index (χ4n) is 8.30. The summed E-state index contributed by atoms with van der Waals surface area (Å²) in [7, 11) is 0. The minimum Gasteiger partial charge on any atom is -0.456 e. The summed E-state index contributed by atoms with van der Waals surface area (Å²) in [6.45, 7) is 0. The van der Waals surface area contributed by atoms with E-state index in [1.807, 2.05) is 6.07 Å². The molecule has 2 nitrogen and oxygen atoms in total. The Kier molecular flexibility index (Phi) is 6.80. The van der Waals surface area contributed by atoms with E-state index in [0.717, 1.165) is 30.4 Å². The van der Waals surface area contributed by atoms with Crippen molar-refractivity contribution in [3.05, 3.63) is 192 Å². The van der Waals surface area contributed by atoms with Gasteiger partial charge in [-0.25, -0.2) is 0 Å². The van der Waals surface area contributed by atoms with Gasteiger partial charge in [-0.15, -0.1) is 0 Å². The number of allylic oxidation sites excluding steroid dienone is 5. The molecule has 8 aromatic rings. The third-order valence-electron chi connectivity index (χ3n) is 10.7. The number of anilines is 2. The van der Waals surface area contributed by atoms with E-state index in [-0.39, 0.29) is 0 Å². The van der Waals surface area contributed by atoms with Gasteiger partial charge in [-0.1, -0.05) is 121 Å². The maximum absolute atomic E-state index is 6.23. The lowest BCUT2D eigenvalue weighted by Crippen LogP contribution is -2.18. The normalized spacial score (nSPS) is 15.7. The van der Waals surface area contributed by atoms with Gasteiger partial charge in [0.15, 0.2) is 0 Å². The first-order valence-corrected chi connectivity index (χ1v) is 17.7. The average Bonchev–Trinajstić information content (AvgIpc) is 3.58. The fraction of sp³-hybridized carbons (Fsp3) is 0.0833. The van der Waals surface area contributed by atoms with Crippen molar-refractivity contribution in [2.24, 2.45) is 0 Å². The minimum absolute atomic E-state index is 0.303. The van der Waals surface area contributed by atoms with Crippen LogP contribution in [0.5, 0.6) is 0 Å². The highest BCUT2D eigenvalue weighted by atomic mass is 16.3. The molecule has 0 radical (unpaired) electrons. The van der Waals surface area contributed by atoms with Gasteiger partial charge in [-0.05, 0) is 117 Å². The molecule has 238 valence electrons. The van der Waals surface area contributed by atoms with E-state index >= 15 is 0 Å². The van der Waals surface area contributed by atoms with Crippen LogP contribution >= 0.6 is 0 Å². The molecule has 0 saturated carbocycles. The molecule has 0 saturated heterocycles. The second kappa shape index (κ2) is 11.8. The van der Waals surface area contributed by atoms with E-state index < -0.39 is 0 Å². The Bertz CT molecular complexity index is 2670. The van der Waals surface area contributed by atoms with Crippen molar-refractivity contribution in [3.63, 3.8) is 0 Å². The van der Waals surface area contributed by atoms with Crippen molar-refractivity contribution in [3.8, 4) is 0 Å². The molecule has 50 heavy (non-hydrogen) atoms. The van der Waals surface area contributed by atoms with Crippen LogP contribution in [0.1, 0.15) is 41.0 Å². The quantitative estimate of drug-likeness (QED) is 0.174. The largest absolute Gasteiger partial charge is 0.456 e. The fourth-order valence-corrected chi connectivity index (χ4v) is 8.30. The van der Waals surface area contributed by atoms with E-state index in [4.69, 9.17) is 4.42 Å². The van der Waals surface area contributed by atoms with Crippen LogP contribution in [0.25, 0.3) is 55.1 Å². The Morgan fingerprint density at radius 2 is 1.28 bits per heavy atom. The molecule has 2 aliphatic rings. The van der Waals surface area contributed by atoms with Crippen LogP contribution in [0.4, 0.5) is 11.4 Å². The van der Waals surface area contributed by atoms with E-state index in [9.17, 15) is 0 Å². The monoisotopic (exact) mass is 641 g/mol. The second-order valence-electron chi connectivity index (χ2n) is 13.6. The van der Waals surface area contributed by atoms with Gasteiger partial charge in [0, 0.05) is 33.8 Å². The smallest absolute Gasteiger partial charge is 0.135 e. The van der Waals surface area contributed by atoms with E-state index in [1.165, 1.54) is 77.2 Å². The summed E-state index contributed by atoms with van der Waals surface area (Å²) in [6.07, 6.45) is 12.3. The molecule has 0 amide bonds. The van der Waals surface area contributed by atoms with Crippen LogP contribution in [-0.4, -0.2) is 0 Å². The van der Waals surface area contributed by atoms with Crippen LogP contribution in [-0.2, 0) is 6.42 Å². The third-order valence-corrected chi connectivity index (χ3v) is 10.7. The number of nitrogens with zero attached hydrogens (tertiary/aromatic N) is 1. The third kappa shape index (κ3) is 4.79. The van der Waals surface area contributed by atoms with E-state index in [1.54, 1.807) is 0 Å².